The van der Waals surface area contributed by atoms with Gasteiger partial charge in [-0.2, -0.15) is 14.9 Å². The van der Waals surface area contributed by atoms with Crippen LogP contribution in [0, 0.1) is 23.7 Å². The number of hydrogen-bond acceptors (Lipinski definition) is 9. The maximum atomic E-state index is 13.5. The lowest BCUT2D eigenvalue weighted by molar-refractivity contribution is -0.390. The molecule has 2 spiro atoms. The van der Waals surface area contributed by atoms with E-state index >= 15 is 0 Å². The van der Waals surface area contributed by atoms with Gasteiger partial charge in [-0.15, -0.1) is 11.3 Å². The lowest BCUT2D eigenvalue weighted by Gasteiger charge is -2.57. The second kappa shape index (κ2) is 12.3. The molecular weight excluding hydrogens is 628 g/mol. The molecule has 3 heterocycles. The van der Waals surface area contributed by atoms with Gasteiger partial charge in [-0.05, 0) is 68.4 Å². The molecule has 2 atom stereocenters. The SMILES string of the molecule is CC(C)(C)c1cc(C(=O)Cc2nc(CNC(=O)OC3CCC[C@]4(C3)OOC3(O4)C4CC5CC(C4)CC3C5)cs2)n(Cc2ccccc2)n1. The van der Waals surface area contributed by atoms with Gasteiger partial charge >= 0.3 is 6.09 Å². The molecule has 48 heavy (non-hydrogen) atoms. The maximum Gasteiger partial charge on any atom is 0.407 e. The van der Waals surface area contributed by atoms with Crippen LogP contribution < -0.4 is 5.32 Å². The van der Waals surface area contributed by atoms with Crippen molar-refractivity contribution in [2.24, 2.45) is 23.7 Å². The molecule has 1 aliphatic heterocycles. The zero-order chi connectivity index (χ0) is 33.1. The summed E-state index contributed by atoms with van der Waals surface area (Å²) in [6.07, 6.45) is 8.17. The van der Waals surface area contributed by atoms with Crippen LogP contribution in [0.3, 0.4) is 0 Å². The number of carbonyl (C=O) groups excluding carboxylic acids is 2. The smallest absolute Gasteiger partial charge is 0.407 e. The Bertz CT molecular complexity index is 1640. The number of Topliss-reactive ketones (excluding diaryl/α,β-unsaturated/α-hetero) is 1. The number of nitrogens with zero attached hydrogens (tertiary/aromatic N) is 3. The van der Waals surface area contributed by atoms with E-state index in [2.05, 4.69) is 31.1 Å². The number of ether oxygens (including phenoxy) is 2. The van der Waals surface area contributed by atoms with Gasteiger partial charge in [-0.3, -0.25) is 9.48 Å². The second-order valence-electron chi connectivity index (χ2n) is 15.8. The van der Waals surface area contributed by atoms with Crippen LogP contribution in [-0.4, -0.2) is 44.3 Å². The molecule has 4 bridgehead atoms. The normalized spacial score (nSPS) is 32.3. The molecule has 1 amide bonds. The standard InChI is InChI=1S/C37H46N4O6S/c1-35(2,3)32-17-30(41(40-32)21-23-8-5-4-6-9-23)31(42)18-33-39-28(22-48-33)20-38-34(43)44-29-10-7-11-36(19-29)45-37(47-46-36)26-13-24-12-25(15-26)16-27(37)14-24/h4-6,8-9,17,22,24-27,29H,7,10-16,18-21H2,1-3H3,(H,38,43)/t24?,25?,26?,27?,29?,36-,37?/m1/s1. The maximum absolute atomic E-state index is 13.5. The molecule has 3 aromatic rings. The van der Waals surface area contributed by atoms with Crippen molar-refractivity contribution in [2.75, 3.05) is 0 Å². The molecule has 1 saturated heterocycles. The van der Waals surface area contributed by atoms with Gasteiger partial charge in [0.25, 0.3) is 0 Å². The molecule has 6 fully saturated rings. The quantitative estimate of drug-likeness (QED) is 0.199. The van der Waals surface area contributed by atoms with E-state index in [-0.39, 0.29) is 30.3 Å². The Labute approximate surface area is 285 Å². The molecule has 11 heteroatoms. The highest BCUT2D eigenvalue weighted by atomic mass is 32.1. The van der Waals surface area contributed by atoms with Gasteiger partial charge in [0.1, 0.15) is 16.8 Å². The van der Waals surface area contributed by atoms with Crippen molar-refractivity contribution in [1.82, 2.24) is 20.1 Å². The van der Waals surface area contributed by atoms with E-state index < -0.39 is 17.7 Å². The summed E-state index contributed by atoms with van der Waals surface area (Å²) in [5.74, 6) is 0.888. The topological polar surface area (TPSA) is 114 Å². The Kier molecular flexibility index (Phi) is 8.25. The molecule has 5 saturated carbocycles. The fraction of sp³-hybridized carbons (Fsp3) is 0.622. The van der Waals surface area contributed by atoms with Crippen molar-refractivity contribution in [3.63, 3.8) is 0 Å². The van der Waals surface area contributed by atoms with Crippen LogP contribution in [0.4, 0.5) is 4.79 Å². The molecular formula is C37H46N4O6S. The summed E-state index contributed by atoms with van der Waals surface area (Å²) in [5.41, 5.74) is 3.02. The number of aromatic nitrogens is 3. The highest BCUT2D eigenvalue weighted by molar-refractivity contribution is 7.09. The number of alkyl carbamates (subject to hydrolysis) is 1. The van der Waals surface area contributed by atoms with E-state index in [4.69, 9.17) is 24.3 Å². The molecule has 6 aliphatic rings. The van der Waals surface area contributed by atoms with Crippen LogP contribution in [0.2, 0.25) is 0 Å². The largest absolute Gasteiger partial charge is 0.446 e. The van der Waals surface area contributed by atoms with Gasteiger partial charge in [0.2, 0.25) is 11.6 Å². The first-order valence-electron chi connectivity index (χ1n) is 17.7. The summed E-state index contributed by atoms with van der Waals surface area (Å²) in [6, 6.07) is 11.9. The molecule has 1 N–H and O–H groups in total. The Morgan fingerprint density at radius 2 is 1.81 bits per heavy atom. The summed E-state index contributed by atoms with van der Waals surface area (Å²) < 4.78 is 14.5. The monoisotopic (exact) mass is 674 g/mol. The van der Waals surface area contributed by atoms with Gasteiger partial charge in [0.05, 0.1) is 30.9 Å². The number of benzene rings is 1. The summed E-state index contributed by atoms with van der Waals surface area (Å²) in [5, 5.41) is 10.2. The average molecular weight is 675 g/mol. The number of carbonyl (C=O) groups is 2. The third-order valence-corrected chi connectivity index (χ3v) is 12.1. The van der Waals surface area contributed by atoms with Crippen molar-refractivity contribution in [2.45, 2.75) is 121 Å². The van der Waals surface area contributed by atoms with E-state index in [1.54, 1.807) is 4.68 Å². The van der Waals surface area contributed by atoms with Crippen molar-refractivity contribution in [3.8, 4) is 0 Å². The fourth-order valence-corrected chi connectivity index (χ4v) is 9.80. The summed E-state index contributed by atoms with van der Waals surface area (Å²) >= 11 is 1.41. The van der Waals surface area contributed by atoms with E-state index in [1.807, 2.05) is 41.8 Å². The van der Waals surface area contributed by atoms with Crippen molar-refractivity contribution >= 4 is 23.2 Å². The molecule has 1 aromatic carbocycles. The van der Waals surface area contributed by atoms with E-state index in [0.717, 1.165) is 42.4 Å². The van der Waals surface area contributed by atoms with Gasteiger partial charge < -0.3 is 14.8 Å². The predicted octanol–water partition coefficient (Wildman–Crippen LogP) is 7.11. The van der Waals surface area contributed by atoms with Gasteiger partial charge in [0, 0.05) is 35.5 Å². The zero-order valence-electron chi connectivity index (χ0n) is 28.1. The summed E-state index contributed by atoms with van der Waals surface area (Å²) in [4.78, 5) is 43.3. The third-order valence-electron chi connectivity index (χ3n) is 11.2. The first-order chi connectivity index (χ1) is 23.1. The minimum atomic E-state index is -0.848. The highest BCUT2D eigenvalue weighted by Gasteiger charge is 2.67. The molecule has 5 aliphatic carbocycles. The first kappa shape index (κ1) is 32.1. The average Bonchev–Trinajstić information content (AvgIpc) is 3.77. The van der Waals surface area contributed by atoms with Crippen molar-refractivity contribution < 1.29 is 28.8 Å². The van der Waals surface area contributed by atoms with Gasteiger partial charge in [0.15, 0.2) is 5.78 Å². The Morgan fingerprint density at radius 3 is 2.54 bits per heavy atom. The van der Waals surface area contributed by atoms with Gasteiger partial charge in [-0.1, -0.05) is 51.1 Å². The molecule has 9 rings (SSSR count). The first-order valence-corrected chi connectivity index (χ1v) is 18.5. The number of amides is 1. The Balaban J connectivity index is 0.850. The fourth-order valence-electron chi connectivity index (χ4n) is 9.01. The Morgan fingerprint density at radius 1 is 1.06 bits per heavy atom. The third kappa shape index (κ3) is 6.23. The van der Waals surface area contributed by atoms with E-state index in [9.17, 15) is 9.59 Å². The molecule has 1 unspecified atom stereocenters. The van der Waals surface area contributed by atoms with Crippen molar-refractivity contribution in [1.29, 1.82) is 0 Å². The zero-order valence-corrected chi connectivity index (χ0v) is 28.9. The lowest BCUT2D eigenvalue weighted by atomic mass is 9.53. The van der Waals surface area contributed by atoms with E-state index in [0.29, 0.717) is 41.2 Å². The molecule has 256 valence electrons. The van der Waals surface area contributed by atoms with Crippen LogP contribution in [-0.2, 0) is 44.2 Å². The van der Waals surface area contributed by atoms with Crippen LogP contribution in [0.15, 0.2) is 41.8 Å². The van der Waals surface area contributed by atoms with Gasteiger partial charge in [-0.25, -0.2) is 9.78 Å². The number of hydrogen-bond donors (Lipinski definition) is 1. The summed E-state index contributed by atoms with van der Waals surface area (Å²) in [6.45, 7) is 7.01. The number of thiazole rings is 1. The van der Waals surface area contributed by atoms with Crippen LogP contribution in [0.5, 0.6) is 0 Å². The van der Waals surface area contributed by atoms with Crippen LogP contribution in [0.25, 0.3) is 0 Å². The predicted molar refractivity (Wildman–Crippen MR) is 178 cm³/mol. The van der Waals surface area contributed by atoms with E-state index in [1.165, 1.54) is 43.4 Å². The highest BCUT2D eigenvalue weighted by Crippen LogP contribution is 2.63. The van der Waals surface area contributed by atoms with Crippen LogP contribution in [0.1, 0.15) is 111 Å². The minimum Gasteiger partial charge on any atom is -0.446 e. The molecule has 2 aromatic heterocycles. The molecule has 10 nitrogen and oxygen atoms in total. The number of ketones is 1. The Hall–Kier alpha value is -3.12. The summed E-state index contributed by atoms with van der Waals surface area (Å²) in [7, 11) is 0. The number of rotatable bonds is 8. The molecule has 0 radical (unpaired) electrons. The lowest BCUT2D eigenvalue weighted by Crippen LogP contribution is -2.59. The minimum absolute atomic E-state index is 0.0378. The second-order valence-corrected chi connectivity index (χ2v) is 16.8. The van der Waals surface area contributed by atoms with Crippen molar-refractivity contribution in [3.05, 3.63) is 69.4 Å². The number of nitrogens with one attached hydrogen (secondary N) is 1. The van der Waals surface area contributed by atoms with Crippen LogP contribution >= 0.6 is 11.3 Å².